The maximum absolute atomic E-state index is 12.6. The molecule has 1 aliphatic rings. The van der Waals surface area contributed by atoms with E-state index in [4.69, 9.17) is 0 Å². The van der Waals surface area contributed by atoms with Gasteiger partial charge in [-0.15, -0.1) is 0 Å². The minimum absolute atomic E-state index is 0.119. The van der Waals surface area contributed by atoms with Gasteiger partial charge >= 0.3 is 0 Å². The van der Waals surface area contributed by atoms with Crippen LogP contribution in [0.3, 0.4) is 0 Å². The normalized spacial score (nSPS) is 14.7. The summed E-state index contributed by atoms with van der Waals surface area (Å²) in [5.74, 6) is 0.119. The maximum Gasteiger partial charge on any atom is 0.224 e. The lowest BCUT2D eigenvalue weighted by molar-refractivity contribution is -0.133. The zero-order chi connectivity index (χ0) is 19.5. The average Bonchev–Trinajstić information content (AvgIpc) is 3.32. The number of aliphatic hydroxyl groups is 1. The van der Waals surface area contributed by atoms with Crippen molar-refractivity contribution in [3.63, 3.8) is 0 Å². The van der Waals surface area contributed by atoms with E-state index in [9.17, 15) is 9.90 Å². The van der Waals surface area contributed by atoms with Crippen LogP contribution in [-0.2, 0) is 30.8 Å². The van der Waals surface area contributed by atoms with Crippen LogP contribution in [0.25, 0.3) is 0 Å². The summed E-state index contributed by atoms with van der Waals surface area (Å²) in [4.78, 5) is 14.5. The van der Waals surface area contributed by atoms with Gasteiger partial charge in [-0.25, -0.2) is 0 Å². The quantitative estimate of drug-likeness (QED) is 0.712. The summed E-state index contributed by atoms with van der Waals surface area (Å²) in [5.41, 5.74) is 3.77. The highest BCUT2D eigenvalue weighted by Gasteiger charge is 2.24. The lowest BCUT2D eigenvalue weighted by Crippen LogP contribution is -2.38. The molecular weight excluding hydrogens is 354 g/mol. The van der Waals surface area contributed by atoms with Gasteiger partial charge < -0.3 is 10.0 Å². The Bertz CT molecular complexity index is 947. The van der Waals surface area contributed by atoms with Gasteiger partial charge in [-0.2, -0.15) is 10.2 Å². The van der Waals surface area contributed by atoms with Crippen LogP contribution in [0.4, 0.5) is 0 Å². The topological polar surface area (TPSA) is 76.2 Å². The van der Waals surface area contributed by atoms with E-state index in [1.807, 2.05) is 63.7 Å². The summed E-state index contributed by atoms with van der Waals surface area (Å²) >= 11 is 0. The highest BCUT2D eigenvalue weighted by atomic mass is 16.3. The molecule has 1 atom stereocenters. The fraction of sp³-hybridized carbons (Fsp3) is 0.381. The number of aliphatic hydroxyl groups excluding tert-OH is 1. The number of aryl methyl sites for hydroxylation is 2. The van der Waals surface area contributed by atoms with Gasteiger partial charge in [0.2, 0.25) is 5.91 Å². The SMILES string of the molecule is Cc1ccnn1CCC(=O)N1CCn2nc([C@@H](O)Cc3ccccc3)cc2C1. The third-order valence-electron chi connectivity index (χ3n) is 5.25. The van der Waals surface area contributed by atoms with Gasteiger partial charge in [-0.1, -0.05) is 30.3 Å². The molecule has 7 nitrogen and oxygen atoms in total. The summed E-state index contributed by atoms with van der Waals surface area (Å²) < 4.78 is 3.76. The third-order valence-corrected chi connectivity index (χ3v) is 5.25. The molecule has 1 aromatic carbocycles. The minimum Gasteiger partial charge on any atom is -0.386 e. The molecule has 0 unspecified atom stereocenters. The number of hydrogen-bond donors (Lipinski definition) is 1. The molecule has 1 aliphatic heterocycles. The van der Waals surface area contributed by atoms with Crippen molar-refractivity contribution in [1.82, 2.24) is 24.5 Å². The first-order valence-electron chi connectivity index (χ1n) is 9.65. The second kappa shape index (κ2) is 7.98. The average molecular weight is 379 g/mol. The maximum atomic E-state index is 12.6. The zero-order valence-electron chi connectivity index (χ0n) is 16.0. The first kappa shape index (κ1) is 18.4. The molecule has 3 heterocycles. The monoisotopic (exact) mass is 379 g/mol. The lowest BCUT2D eigenvalue weighted by Gasteiger charge is -2.27. The number of aromatic nitrogens is 4. The molecule has 0 bridgehead atoms. The van der Waals surface area contributed by atoms with Crippen molar-refractivity contribution in [2.75, 3.05) is 6.54 Å². The molecule has 146 valence electrons. The summed E-state index contributed by atoms with van der Waals surface area (Å²) in [7, 11) is 0. The Morgan fingerprint density at radius 1 is 1.21 bits per heavy atom. The standard InChI is InChI=1S/C21H25N5O2/c1-16-7-9-22-25(16)10-8-21(28)24-11-12-26-18(15-24)14-19(23-26)20(27)13-17-5-3-2-4-6-17/h2-7,9,14,20,27H,8,10-13,15H2,1H3/t20-/m0/s1. The van der Waals surface area contributed by atoms with Crippen LogP contribution < -0.4 is 0 Å². The Kier molecular flexibility index (Phi) is 5.25. The number of hydrogen-bond acceptors (Lipinski definition) is 4. The van der Waals surface area contributed by atoms with Crippen LogP contribution in [0.1, 0.15) is 35.2 Å². The summed E-state index contributed by atoms with van der Waals surface area (Å²) in [6.07, 6.45) is 2.07. The Hall–Kier alpha value is -2.93. The molecule has 0 saturated heterocycles. The molecule has 0 spiro atoms. The molecule has 0 radical (unpaired) electrons. The van der Waals surface area contributed by atoms with Gasteiger partial charge in [-0.05, 0) is 24.6 Å². The third kappa shape index (κ3) is 3.99. The van der Waals surface area contributed by atoms with Crippen molar-refractivity contribution < 1.29 is 9.90 Å². The van der Waals surface area contributed by atoms with Crippen LogP contribution in [0.2, 0.25) is 0 Å². The van der Waals surface area contributed by atoms with E-state index in [2.05, 4.69) is 10.2 Å². The molecule has 7 heteroatoms. The van der Waals surface area contributed by atoms with Crippen molar-refractivity contribution >= 4 is 5.91 Å². The molecular formula is C21H25N5O2. The molecule has 1 N–H and O–H groups in total. The van der Waals surface area contributed by atoms with Crippen LogP contribution in [0, 0.1) is 6.92 Å². The van der Waals surface area contributed by atoms with E-state index in [0.717, 1.165) is 17.0 Å². The van der Waals surface area contributed by atoms with Crippen LogP contribution in [-0.4, -0.2) is 42.0 Å². The molecule has 1 amide bonds. The predicted octanol–water partition coefficient (Wildman–Crippen LogP) is 2.10. The van der Waals surface area contributed by atoms with Gasteiger partial charge in [0.1, 0.15) is 6.10 Å². The highest BCUT2D eigenvalue weighted by molar-refractivity contribution is 5.76. The molecule has 2 aromatic heterocycles. The molecule has 3 aromatic rings. The van der Waals surface area contributed by atoms with Crippen molar-refractivity contribution in [2.45, 2.75) is 45.5 Å². The Balaban J connectivity index is 1.37. The smallest absolute Gasteiger partial charge is 0.224 e. The number of amides is 1. The van der Waals surface area contributed by atoms with Crippen LogP contribution in [0.5, 0.6) is 0 Å². The Labute approximate surface area is 164 Å². The second-order valence-corrected chi connectivity index (χ2v) is 7.25. The van der Waals surface area contributed by atoms with E-state index in [0.29, 0.717) is 44.7 Å². The van der Waals surface area contributed by atoms with Gasteiger partial charge in [0.05, 0.1) is 24.5 Å². The molecule has 4 rings (SSSR count). The minimum atomic E-state index is -0.646. The second-order valence-electron chi connectivity index (χ2n) is 7.25. The predicted molar refractivity (Wildman–Crippen MR) is 104 cm³/mol. The summed E-state index contributed by atoms with van der Waals surface area (Å²) in [5, 5.41) is 19.3. The molecule has 0 aliphatic carbocycles. The van der Waals surface area contributed by atoms with Crippen molar-refractivity contribution in [3.05, 3.63) is 71.3 Å². The fourth-order valence-electron chi connectivity index (χ4n) is 3.60. The first-order chi connectivity index (χ1) is 13.6. The number of rotatable bonds is 6. The van der Waals surface area contributed by atoms with Crippen LogP contribution in [0.15, 0.2) is 48.7 Å². The number of carbonyl (C=O) groups excluding carboxylic acids is 1. The first-order valence-corrected chi connectivity index (χ1v) is 9.65. The highest BCUT2D eigenvalue weighted by Crippen LogP contribution is 2.21. The van der Waals surface area contributed by atoms with E-state index in [-0.39, 0.29) is 5.91 Å². The molecule has 28 heavy (non-hydrogen) atoms. The molecule has 0 saturated carbocycles. The zero-order valence-corrected chi connectivity index (χ0v) is 16.0. The largest absolute Gasteiger partial charge is 0.386 e. The molecule has 0 fully saturated rings. The van der Waals surface area contributed by atoms with Crippen molar-refractivity contribution in [1.29, 1.82) is 0 Å². The number of nitrogens with zero attached hydrogens (tertiary/aromatic N) is 5. The van der Waals surface area contributed by atoms with Gasteiger partial charge in [0.25, 0.3) is 0 Å². The Morgan fingerprint density at radius 2 is 2.04 bits per heavy atom. The van der Waals surface area contributed by atoms with Gasteiger partial charge in [0, 0.05) is 37.8 Å². The van der Waals surface area contributed by atoms with Crippen LogP contribution >= 0.6 is 0 Å². The van der Waals surface area contributed by atoms with Crippen molar-refractivity contribution in [2.24, 2.45) is 0 Å². The van der Waals surface area contributed by atoms with Crippen molar-refractivity contribution in [3.8, 4) is 0 Å². The van der Waals surface area contributed by atoms with E-state index < -0.39 is 6.10 Å². The van der Waals surface area contributed by atoms with E-state index in [1.54, 1.807) is 6.20 Å². The number of benzene rings is 1. The fourth-order valence-corrected chi connectivity index (χ4v) is 3.60. The Morgan fingerprint density at radius 3 is 2.79 bits per heavy atom. The number of carbonyl (C=O) groups is 1. The van der Waals surface area contributed by atoms with E-state index in [1.165, 1.54) is 0 Å². The lowest BCUT2D eigenvalue weighted by atomic mass is 10.1. The summed E-state index contributed by atoms with van der Waals surface area (Å²) in [6.45, 7) is 4.40. The summed E-state index contributed by atoms with van der Waals surface area (Å²) in [6, 6.07) is 13.8. The van der Waals surface area contributed by atoms with Gasteiger partial charge in [-0.3, -0.25) is 14.2 Å². The number of fused-ring (bicyclic) bond motifs is 1. The van der Waals surface area contributed by atoms with E-state index >= 15 is 0 Å². The van der Waals surface area contributed by atoms with Gasteiger partial charge in [0.15, 0.2) is 0 Å².